The van der Waals surface area contributed by atoms with E-state index in [2.05, 4.69) is 0 Å². The molecule has 0 aromatic heterocycles. The Kier molecular flexibility index (Phi) is 5.42. The topological polar surface area (TPSA) is 127 Å². The van der Waals surface area contributed by atoms with Crippen LogP contribution in [0.15, 0.2) is 0 Å². The molecule has 13 heavy (non-hydrogen) atoms. The fourth-order valence-electron chi connectivity index (χ4n) is 1.19. The molecule has 0 saturated heterocycles. The largest absolute Gasteiger partial charge is 0.394 e. The van der Waals surface area contributed by atoms with Gasteiger partial charge in [-0.25, -0.2) is 0 Å². The SMILES string of the molecule is N[C@H]1CCCC[C@@H]1N.O=S(=O)(O)O. The van der Waals surface area contributed by atoms with E-state index in [9.17, 15) is 0 Å². The third kappa shape index (κ3) is 9.71. The standard InChI is InChI=1S/C6H14N2.H2O4S/c7-5-3-1-2-4-6(5)8;1-5(2,3)4/h5-6H,1-4,7-8H2;(H2,1,2,3,4)/t5-,6-;/m0./s1. The smallest absolute Gasteiger partial charge is 0.326 e. The van der Waals surface area contributed by atoms with E-state index in [4.69, 9.17) is 29.0 Å². The minimum Gasteiger partial charge on any atom is -0.326 e. The molecular formula is C6H16N2O4S. The fraction of sp³-hybridized carbons (Fsp3) is 1.00. The maximum Gasteiger partial charge on any atom is 0.394 e. The van der Waals surface area contributed by atoms with Crippen molar-refractivity contribution in [1.82, 2.24) is 0 Å². The summed E-state index contributed by atoms with van der Waals surface area (Å²) in [5.41, 5.74) is 11.3. The summed E-state index contributed by atoms with van der Waals surface area (Å²) in [6.45, 7) is 0. The molecular weight excluding hydrogens is 196 g/mol. The first-order valence-electron chi connectivity index (χ1n) is 4.01. The Morgan fingerprint density at radius 3 is 1.38 bits per heavy atom. The molecule has 80 valence electrons. The average Bonchev–Trinajstić information content (AvgIpc) is 1.92. The van der Waals surface area contributed by atoms with E-state index in [1.807, 2.05) is 0 Å². The van der Waals surface area contributed by atoms with E-state index in [0.29, 0.717) is 0 Å². The zero-order valence-corrected chi connectivity index (χ0v) is 8.07. The van der Waals surface area contributed by atoms with Gasteiger partial charge in [-0.1, -0.05) is 12.8 Å². The van der Waals surface area contributed by atoms with Crippen molar-refractivity contribution in [3.05, 3.63) is 0 Å². The Labute approximate surface area is 77.9 Å². The summed E-state index contributed by atoms with van der Waals surface area (Å²) >= 11 is 0. The lowest BCUT2D eigenvalue weighted by molar-refractivity contribution is 0.381. The lowest BCUT2D eigenvalue weighted by Gasteiger charge is -2.24. The van der Waals surface area contributed by atoms with E-state index in [-0.39, 0.29) is 12.1 Å². The van der Waals surface area contributed by atoms with Crippen molar-refractivity contribution in [3.8, 4) is 0 Å². The minimum atomic E-state index is -4.67. The number of hydrogen-bond acceptors (Lipinski definition) is 4. The summed E-state index contributed by atoms with van der Waals surface area (Å²) in [4.78, 5) is 0. The van der Waals surface area contributed by atoms with Crippen LogP contribution in [0, 0.1) is 0 Å². The van der Waals surface area contributed by atoms with Crippen molar-refractivity contribution in [3.63, 3.8) is 0 Å². The normalized spacial score (nSPS) is 28.9. The number of rotatable bonds is 0. The Hall–Kier alpha value is -0.210. The average molecular weight is 212 g/mol. The molecule has 0 radical (unpaired) electrons. The highest BCUT2D eigenvalue weighted by molar-refractivity contribution is 7.79. The van der Waals surface area contributed by atoms with Crippen LogP contribution in [-0.2, 0) is 10.4 Å². The van der Waals surface area contributed by atoms with Gasteiger partial charge in [0.25, 0.3) is 0 Å². The van der Waals surface area contributed by atoms with Gasteiger partial charge in [-0.15, -0.1) is 0 Å². The first-order chi connectivity index (χ1) is 5.80. The lowest BCUT2D eigenvalue weighted by Crippen LogP contribution is -2.43. The number of nitrogens with two attached hydrogens (primary N) is 2. The van der Waals surface area contributed by atoms with E-state index in [1.165, 1.54) is 12.8 Å². The van der Waals surface area contributed by atoms with E-state index in [1.54, 1.807) is 0 Å². The molecule has 2 atom stereocenters. The Morgan fingerprint density at radius 1 is 1.00 bits per heavy atom. The molecule has 6 N–H and O–H groups in total. The van der Waals surface area contributed by atoms with Crippen molar-refractivity contribution in [2.24, 2.45) is 11.5 Å². The van der Waals surface area contributed by atoms with Crippen LogP contribution >= 0.6 is 0 Å². The minimum absolute atomic E-state index is 0.281. The van der Waals surface area contributed by atoms with Gasteiger partial charge >= 0.3 is 10.4 Å². The van der Waals surface area contributed by atoms with Gasteiger partial charge in [0, 0.05) is 12.1 Å². The predicted molar refractivity (Wildman–Crippen MR) is 48.6 cm³/mol. The molecule has 6 nitrogen and oxygen atoms in total. The summed E-state index contributed by atoms with van der Waals surface area (Å²) in [5.74, 6) is 0. The first kappa shape index (κ1) is 12.8. The zero-order valence-electron chi connectivity index (χ0n) is 7.26. The lowest BCUT2D eigenvalue weighted by atomic mass is 9.92. The Bertz CT molecular complexity index is 211. The van der Waals surface area contributed by atoms with Crippen molar-refractivity contribution >= 4 is 10.4 Å². The zero-order chi connectivity index (χ0) is 10.5. The van der Waals surface area contributed by atoms with Crippen LogP contribution in [0.4, 0.5) is 0 Å². The second-order valence-electron chi connectivity index (χ2n) is 3.06. The third-order valence-corrected chi connectivity index (χ3v) is 1.87. The molecule has 0 heterocycles. The molecule has 1 rings (SSSR count). The monoisotopic (exact) mass is 212 g/mol. The van der Waals surface area contributed by atoms with Gasteiger partial charge in [0.1, 0.15) is 0 Å². The molecule has 1 saturated carbocycles. The highest BCUT2D eigenvalue weighted by Gasteiger charge is 2.16. The van der Waals surface area contributed by atoms with Gasteiger partial charge in [-0.2, -0.15) is 8.42 Å². The summed E-state index contributed by atoms with van der Waals surface area (Å²) in [5, 5.41) is 0. The first-order valence-corrected chi connectivity index (χ1v) is 5.41. The molecule has 0 unspecified atom stereocenters. The second kappa shape index (κ2) is 5.51. The Morgan fingerprint density at radius 2 is 1.23 bits per heavy atom. The summed E-state index contributed by atoms with van der Waals surface area (Å²) in [6, 6.07) is 0.562. The van der Waals surface area contributed by atoms with Crippen LogP contribution in [0.5, 0.6) is 0 Å². The summed E-state index contributed by atoms with van der Waals surface area (Å²) in [7, 11) is -4.67. The number of hydrogen-bond donors (Lipinski definition) is 4. The van der Waals surface area contributed by atoms with Crippen LogP contribution in [0.2, 0.25) is 0 Å². The molecule has 0 amide bonds. The molecule has 1 aliphatic rings. The van der Waals surface area contributed by atoms with Gasteiger partial charge in [0.05, 0.1) is 0 Å². The molecule has 1 fully saturated rings. The summed E-state index contributed by atoms with van der Waals surface area (Å²) < 4.78 is 31.6. The van der Waals surface area contributed by atoms with Gasteiger partial charge in [0.15, 0.2) is 0 Å². The van der Waals surface area contributed by atoms with Gasteiger partial charge in [-0.3, -0.25) is 9.11 Å². The highest BCUT2D eigenvalue weighted by atomic mass is 32.3. The molecule has 0 bridgehead atoms. The third-order valence-electron chi connectivity index (χ3n) is 1.87. The quantitative estimate of drug-likeness (QED) is 0.403. The fourth-order valence-corrected chi connectivity index (χ4v) is 1.19. The molecule has 0 aromatic rings. The predicted octanol–water partition coefficient (Wildman–Crippen LogP) is -0.438. The van der Waals surface area contributed by atoms with Crippen LogP contribution in [0.1, 0.15) is 25.7 Å². The van der Waals surface area contributed by atoms with E-state index >= 15 is 0 Å². The van der Waals surface area contributed by atoms with Crippen LogP contribution in [-0.4, -0.2) is 29.6 Å². The molecule has 0 aliphatic heterocycles. The van der Waals surface area contributed by atoms with Crippen molar-refractivity contribution in [1.29, 1.82) is 0 Å². The van der Waals surface area contributed by atoms with Gasteiger partial charge < -0.3 is 11.5 Å². The van der Waals surface area contributed by atoms with E-state index in [0.717, 1.165) is 12.8 Å². The summed E-state index contributed by atoms with van der Waals surface area (Å²) in [6.07, 6.45) is 4.80. The van der Waals surface area contributed by atoms with E-state index < -0.39 is 10.4 Å². The second-order valence-corrected chi connectivity index (χ2v) is 3.96. The van der Waals surface area contributed by atoms with Gasteiger partial charge in [-0.05, 0) is 12.8 Å². The van der Waals surface area contributed by atoms with Crippen molar-refractivity contribution < 1.29 is 17.5 Å². The molecule has 0 spiro atoms. The molecule has 1 aliphatic carbocycles. The maximum absolute atomic E-state index is 8.74. The van der Waals surface area contributed by atoms with Crippen molar-refractivity contribution in [2.75, 3.05) is 0 Å². The van der Waals surface area contributed by atoms with Crippen LogP contribution < -0.4 is 11.5 Å². The maximum atomic E-state index is 8.74. The highest BCUT2D eigenvalue weighted by Crippen LogP contribution is 2.14. The van der Waals surface area contributed by atoms with Crippen LogP contribution in [0.25, 0.3) is 0 Å². The van der Waals surface area contributed by atoms with Crippen molar-refractivity contribution in [2.45, 2.75) is 37.8 Å². The molecule has 7 heteroatoms. The van der Waals surface area contributed by atoms with Gasteiger partial charge in [0.2, 0.25) is 0 Å². The Balaban J connectivity index is 0.000000252. The molecule has 0 aromatic carbocycles. The van der Waals surface area contributed by atoms with Crippen LogP contribution in [0.3, 0.4) is 0 Å².